The van der Waals surface area contributed by atoms with Crippen molar-refractivity contribution >= 4 is 34.5 Å². The molecule has 0 atom stereocenters. The van der Waals surface area contributed by atoms with Crippen molar-refractivity contribution in [1.82, 2.24) is 4.98 Å². The maximum absolute atomic E-state index is 14.1. The van der Waals surface area contributed by atoms with E-state index < -0.39 is 0 Å². The molecule has 0 spiro atoms. The minimum atomic E-state index is -0.310. The average molecular weight is 423 g/mol. The number of hydrogen-bond donors (Lipinski definition) is 1. The fraction of sp³-hybridized carbons (Fsp3) is 0.0435. The van der Waals surface area contributed by atoms with Crippen LogP contribution < -0.4 is 5.32 Å². The van der Waals surface area contributed by atoms with Crippen LogP contribution in [0.4, 0.5) is 10.1 Å². The molecule has 0 aliphatic carbocycles. The van der Waals surface area contributed by atoms with E-state index in [2.05, 4.69) is 10.3 Å². The normalized spacial score (nSPS) is 10.7. The number of benzene rings is 3. The Bertz CT molecular complexity index is 1170. The Hall–Kier alpha value is -3.02. The molecule has 0 aliphatic rings. The van der Waals surface area contributed by atoms with Crippen LogP contribution in [0, 0.1) is 5.82 Å². The van der Waals surface area contributed by atoms with Gasteiger partial charge in [0, 0.05) is 21.5 Å². The van der Waals surface area contributed by atoms with Crippen LogP contribution in [-0.4, -0.2) is 10.9 Å². The molecule has 1 N–H and O–H groups in total. The minimum absolute atomic E-state index is 0.171. The maximum Gasteiger partial charge on any atom is 0.228 e. The summed E-state index contributed by atoms with van der Waals surface area (Å²) < 4.78 is 14.1. The molecule has 0 saturated carbocycles. The highest BCUT2D eigenvalue weighted by Gasteiger charge is 2.14. The van der Waals surface area contributed by atoms with Crippen molar-refractivity contribution in [1.29, 1.82) is 0 Å². The molecule has 0 saturated heterocycles. The molecule has 1 amide bonds. The van der Waals surface area contributed by atoms with E-state index in [0.717, 1.165) is 11.1 Å². The second-order valence-electron chi connectivity index (χ2n) is 6.38. The van der Waals surface area contributed by atoms with Gasteiger partial charge in [0.15, 0.2) is 0 Å². The van der Waals surface area contributed by atoms with Crippen molar-refractivity contribution in [2.75, 3.05) is 5.32 Å². The van der Waals surface area contributed by atoms with Crippen LogP contribution >= 0.6 is 22.9 Å². The number of rotatable bonds is 5. The first kappa shape index (κ1) is 19.3. The van der Waals surface area contributed by atoms with E-state index in [1.165, 1.54) is 17.4 Å². The summed E-state index contributed by atoms with van der Waals surface area (Å²) in [4.78, 5) is 17.1. The topological polar surface area (TPSA) is 42.0 Å². The summed E-state index contributed by atoms with van der Waals surface area (Å²) in [5.41, 5.74) is 3.33. The highest BCUT2D eigenvalue weighted by atomic mass is 35.5. The molecule has 4 aromatic rings. The van der Waals surface area contributed by atoms with E-state index in [-0.39, 0.29) is 18.1 Å². The quantitative estimate of drug-likeness (QED) is 0.401. The first-order chi connectivity index (χ1) is 14.1. The lowest BCUT2D eigenvalue weighted by atomic mass is 10.1. The summed E-state index contributed by atoms with van der Waals surface area (Å²) in [5, 5.41) is 5.95. The third-order valence-electron chi connectivity index (χ3n) is 4.39. The molecule has 3 aromatic carbocycles. The van der Waals surface area contributed by atoms with Crippen molar-refractivity contribution < 1.29 is 9.18 Å². The van der Waals surface area contributed by atoms with Crippen molar-refractivity contribution in [2.24, 2.45) is 0 Å². The highest BCUT2D eigenvalue weighted by Crippen LogP contribution is 2.33. The van der Waals surface area contributed by atoms with E-state index in [0.29, 0.717) is 27.0 Å². The maximum atomic E-state index is 14.1. The Labute approximate surface area is 176 Å². The average Bonchev–Trinajstić information content (AvgIpc) is 3.20. The molecular weight excluding hydrogens is 407 g/mol. The van der Waals surface area contributed by atoms with Gasteiger partial charge in [-0.25, -0.2) is 9.37 Å². The summed E-state index contributed by atoms with van der Waals surface area (Å²) in [6, 6.07) is 21.2. The summed E-state index contributed by atoms with van der Waals surface area (Å²) in [7, 11) is 0. The standard InChI is InChI=1S/C23H16ClFN2OS/c24-18-10-4-1-7-15(18)13-22(28)26-20-12-6-3-9-17(20)21-14-29-23(27-21)16-8-2-5-11-19(16)25/h1-12,14H,13H2,(H,26,28). The van der Waals surface area contributed by atoms with Gasteiger partial charge < -0.3 is 5.32 Å². The van der Waals surface area contributed by atoms with Crippen LogP contribution in [-0.2, 0) is 11.2 Å². The smallest absolute Gasteiger partial charge is 0.228 e. The van der Waals surface area contributed by atoms with Crippen LogP contribution in [0.25, 0.3) is 21.8 Å². The molecule has 0 fully saturated rings. The molecule has 0 bridgehead atoms. The van der Waals surface area contributed by atoms with Gasteiger partial charge in [0.2, 0.25) is 5.91 Å². The Morgan fingerprint density at radius 2 is 1.66 bits per heavy atom. The van der Waals surface area contributed by atoms with Crippen molar-refractivity contribution in [3.8, 4) is 21.8 Å². The predicted molar refractivity (Wildman–Crippen MR) is 117 cm³/mol. The number of nitrogens with zero attached hydrogens (tertiary/aromatic N) is 1. The van der Waals surface area contributed by atoms with Crippen LogP contribution in [0.2, 0.25) is 5.02 Å². The third kappa shape index (κ3) is 4.36. The van der Waals surface area contributed by atoms with Crippen molar-refractivity contribution in [3.63, 3.8) is 0 Å². The Morgan fingerprint density at radius 3 is 2.45 bits per heavy atom. The number of anilines is 1. The lowest BCUT2D eigenvalue weighted by molar-refractivity contribution is -0.115. The lowest BCUT2D eigenvalue weighted by Gasteiger charge is -2.10. The molecule has 1 heterocycles. The van der Waals surface area contributed by atoms with Crippen molar-refractivity contribution in [3.05, 3.63) is 94.6 Å². The Morgan fingerprint density at radius 1 is 0.966 bits per heavy atom. The molecule has 0 aliphatic heterocycles. The van der Waals surface area contributed by atoms with Gasteiger partial charge in [-0.1, -0.05) is 60.1 Å². The zero-order valence-electron chi connectivity index (χ0n) is 15.2. The largest absolute Gasteiger partial charge is 0.325 e. The van der Waals surface area contributed by atoms with Gasteiger partial charge in [-0.15, -0.1) is 11.3 Å². The van der Waals surface area contributed by atoms with E-state index in [1.54, 1.807) is 24.3 Å². The van der Waals surface area contributed by atoms with E-state index >= 15 is 0 Å². The number of carbonyl (C=O) groups excluding carboxylic acids is 1. The SMILES string of the molecule is O=C(Cc1ccccc1Cl)Nc1ccccc1-c1csc(-c2ccccc2F)n1. The number of hydrogen-bond acceptors (Lipinski definition) is 3. The summed E-state index contributed by atoms with van der Waals surface area (Å²) in [6.45, 7) is 0. The molecule has 6 heteroatoms. The van der Waals surface area contributed by atoms with Gasteiger partial charge in [-0.2, -0.15) is 0 Å². The zero-order chi connectivity index (χ0) is 20.2. The van der Waals surface area contributed by atoms with Gasteiger partial charge in [-0.05, 0) is 29.8 Å². The van der Waals surface area contributed by atoms with E-state index in [1.807, 2.05) is 47.8 Å². The highest BCUT2D eigenvalue weighted by molar-refractivity contribution is 7.13. The fourth-order valence-corrected chi connectivity index (χ4v) is 4.03. The fourth-order valence-electron chi connectivity index (χ4n) is 2.98. The van der Waals surface area contributed by atoms with Crippen LogP contribution in [0.15, 0.2) is 78.2 Å². The zero-order valence-corrected chi connectivity index (χ0v) is 16.8. The molecule has 0 unspecified atom stereocenters. The predicted octanol–water partition coefficient (Wildman–Crippen LogP) is 6.45. The number of halogens is 2. The van der Waals surface area contributed by atoms with Gasteiger partial charge in [-0.3, -0.25) is 4.79 Å². The number of para-hydroxylation sites is 1. The lowest BCUT2D eigenvalue weighted by Crippen LogP contribution is -2.15. The number of thiazole rings is 1. The molecule has 3 nitrogen and oxygen atoms in total. The Balaban J connectivity index is 1.59. The first-order valence-electron chi connectivity index (χ1n) is 8.95. The summed E-state index contributed by atoms with van der Waals surface area (Å²) in [5.74, 6) is -0.482. The van der Waals surface area contributed by atoms with Gasteiger partial charge in [0.05, 0.1) is 17.8 Å². The number of carbonyl (C=O) groups is 1. The second kappa shape index (κ2) is 8.55. The second-order valence-corrected chi connectivity index (χ2v) is 7.64. The number of aromatic nitrogens is 1. The number of amides is 1. The minimum Gasteiger partial charge on any atom is -0.325 e. The first-order valence-corrected chi connectivity index (χ1v) is 10.2. The molecule has 1 aromatic heterocycles. The molecule has 4 rings (SSSR count). The molecule has 29 heavy (non-hydrogen) atoms. The van der Waals surface area contributed by atoms with E-state index in [9.17, 15) is 9.18 Å². The van der Waals surface area contributed by atoms with Gasteiger partial charge >= 0.3 is 0 Å². The molecule has 144 valence electrons. The van der Waals surface area contributed by atoms with Gasteiger partial charge in [0.1, 0.15) is 10.8 Å². The van der Waals surface area contributed by atoms with Crippen LogP contribution in [0.1, 0.15) is 5.56 Å². The molecular formula is C23H16ClFN2OS. The van der Waals surface area contributed by atoms with E-state index in [4.69, 9.17) is 11.6 Å². The Kier molecular flexibility index (Phi) is 5.69. The summed E-state index contributed by atoms with van der Waals surface area (Å²) >= 11 is 7.52. The number of nitrogens with one attached hydrogen (secondary N) is 1. The molecule has 0 radical (unpaired) electrons. The van der Waals surface area contributed by atoms with Crippen LogP contribution in [0.3, 0.4) is 0 Å². The van der Waals surface area contributed by atoms with Gasteiger partial charge in [0.25, 0.3) is 0 Å². The monoisotopic (exact) mass is 422 g/mol. The van der Waals surface area contributed by atoms with Crippen LogP contribution in [0.5, 0.6) is 0 Å². The third-order valence-corrected chi connectivity index (χ3v) is 5.64. The summed E-state index contributed by atoms with van der Waals surface area (Å²) in [6.07, 6.45) is 0.172. The van der Waals surface area contributed by atoms with Crippen molar-refractivity contribution in [2.45, 2.75) is 6.42 Å².